The maximum Gasteiger partial charge on any atom is 0.269 e. The fraction of sp³-hybridized carbons (Fsp3) is 0.136. The summed E-state index contributed by atoms with van der Waals surface area (Å²) in [7, 11) is 4.58. The first-order valence-electron chi connectivity index (χ1n) is 9.20. The van der Waals surface area contributed by atoms with Crippen LogP contribution in [0.5, 0.6) is 17.2 Å². The Morgan fingerprint density at radius 3 is 2.16 bits per heavy atom. The molecule has 0 saturated heterocycles. The molecule has 1 heterocycles. The van der Waals surface area contributed by atoms with Crippen LogP contribution in [-0.2, 0) is 4.79 Å². The highest BCUT2D eigenvalue weighted by Crippen LogP contribution is 2.38. The Balaban J connectivity index is 1.69. The molecule has 0 bridgehead atoms. The fourth-order valence-corrected chi connectivity index (χ4v) is 2.85. The predicted octanol–water partition coefficient (Wildman–Crippen LogP) is 2.65. The lowest BCUT2D eigenvalue weighted by molar-refractivity contribution is -0.111. The maximum absolute atomic E-state index is 12.3. The van der Waals surface area contributed by atoms with Crippen LogP contribution in [0.3, 0.4) is 0 Å². The number of nitrogens with two attached hydrogens (primary N) is 1. The van der Waals surface area contributed by atoms with Gasteiger partial charge in [0, 0.05) is 18.0 Å². The Morgan fingerprint density at radius 1 is 1.00 bits per heavy atom. The maximum atomic E-state index is 12.3. The average Bonchev–Trinajstić information content (AvgIpc) is 3.28. The topological polar surface area (TPSA) is 118 Å². The van der Waals surface area contributed by atoms with Gasteiger partial charge in [-0.2, -0.15) is 5.10 Å². The Bertz CT molecular complexity index is 1090. The molecule has 0 spiro atoms. The largest absolute Gasteiger partial charge is 0.493 e. The number of nitrogens with one attached hydrogen (secondary N) is 1. The molecule has 9 nitrogen and oxygen atoms in total. The molecule has 0 aliphatic heterocycles. The van der Waals surface area contributed by atoms with Crippen molar-refractivity contribution in [3.05, 3.63) is 66.0 Å². The Morgan fingerprint density at radius 2 is 1.65 bits per heavy atom. The van der Waals surface area contributed by atoms with Crippen LogP contribution in [-0.4, -0.2) is 42.9 Å². The minimum Gasteiger partial charge on any atom is -0.493 e. The molecular formula is C22H22N4O5. The molecule has 160 valence electrons. The van der Waals surface area contributed by atoms with Crippen molar-refractivity contribution in [3.8, 4) is 22.9 Å². The second kappa shape index (κ2) is 9.49. The van der Waals surface area contributed by atoms with Crippen molar-refractivity contribution in [3.63, 3.8) is 0 Å². The summed E-state index contributed by atoms with van der Waals surface area (Å²) in [4.78, 5) is 23.5. The molecule has 0 fully saturated rings. The molecule has 3 N–H and O–H groups in total. The van der Waals surface area contributed by atoms with E-state index in [9.17, 15) is 9.59 Å². The van der Waals surface area contributed by atoms with Gasteiger partial charge >= 0.3 is 0 Å². The summed E-state index contributed by atoms with van der Waals surface area (Å²) in [6.07, 6.45) is 4.68. The molecule has 0 radical (unpaired) electrons. The molecule has 0 unspecified atom stereocenters. The van der Waals surface area contributed by atoms with Gasteiger partial charge in [0.25, 0.3) is 5.91 Å². The number of anilines is 1. The van der Waals surface area contributed by atoms with Crippen LogP contribution in [0, 0.1) is 0 Å². The fourth-order valence-electron chi connectivity index (χ4n) is 2.85. The molecule has 2 amide bonds. The van der Waals surface area contributed by atoms with Crippen molar-refractivity contribution < 1.29 is 23.8 Å². The average molecular weight is 422 g/mol. The number of primary amides is 1. The van der Waals surface area contributed by atoms with E-state index in [1.807, 2.05) is 0 Å². The number of carbonyl (C=O) groups is 2. The Kier molecular flexibility index (Phi) is 6.56. The first-order chi connectivity index (χ1) is 14.9. The van der Waals surface area contributed by atoms with Crippen LogP contribution in [0.25, 0.3) is 11.8 Å². The van der Waals surface area contributed by atoms with Crippen LogP contribution in [0.15, 0.2) is 54.7 Å². The molecule has 3 rings (SSSR count). The van der Waals surface area contributed by atoms with Crippen LogP contribution in [0.4, 0.5) is 5.69 Å². The van der Waals surface area contributed by atoms with E-state index in [1.54, 1.807) is 48.7 Å². The summed E-state index contributed by atoms with van der Waals surface area (Å²) in [5.74, 6) is 0.566. The monoisotopic (exact) mass is 422 g/mol. The van der Waals surface area contributed by atoms with Crippen molar-refractivity contribution in [1.82, 2.24) is 9.78 Å². The number of rotatable bonds is 8. The zero-order chi connectivity index (χ0) is 22.4. The summed E-state index contributed by atoms with van der Waals surface area (Å²) >= 11 is 0. The molecule has 2 aromatic carbocycles. The van der Waals surface area contributed by atoms with E-state index in [-0.39, 0.29) is 11.6 Å². The standard InChI is InChI=1S/C22H22N4O5/c1-29-18-12-14(13-19(30-2)21(18)31-3)4-9-20(27)24-15-5-7-16(8-6-15)26-11-10-17(25-26)22(23)28/h4-13H,1-3H3,(H2,23,28)(H,24,27)/b9-4+. The lowest BCUT2D eigenvalue weighted by Gasteiger charge is -2.12. The van der Waals surface area contributed by atoms with E-state index in [4.69, 9.17) is 19.9 Å². The highest BCUT2D eigenvalue weighted by atomic mass is 16.5. The van der Waals surface area contributed by atoms with Crippen LogP contribution < -0.4 is 25.3 Å². The van der Waals surface area contributed by atoms with Crippen LogP contribution >= 0.6 is 0 Å². The number of nitrogens with zero attached hydrogens (tertiary/aromatic N) is 2. The van der Waals surface area contributed by atoms with Gasteiger partial charge < -0.3 is 25.3 Å². The second-order valence-electron chi connectivity index (χ2n) is 6.34. The van der Waals surface area contributed by atoms with E-state index < -0.39 is 5.91 Å². The van der Waals surface area contributed by atoms with Crippen molar-refractivity contribution in [2.24, 2.45) is 5.73 Å². The van der Waals surface area contributed by atoms with Gasteiger partial charge in [0.15, 0.2) is 11.5 Å². The first kappa shape index (κ1) is 21.4. The Labute approximate surface area is 179 Å². The van der Waals surface area contributed by atoms with E-state index >= 15 is 0 Å². The molecule has 0 atom stereocenters. The van der Waals surface area contributed by atoms with E-state index in [0.29, 0.717) is 28.5 Å². The summed E-state index contributed by atoms with van der Waals surface area (Å²) in [6, 6.07) is 12.0. The summed E-state index contributed by atoms with van der Waals surface area (Å²) in [6.45, 7) is 0. The molecule has 0 aliphatic rings. The Hall–Kier alpha value is -4.27. The normalized spacial score (nSPS) is 10.7. The van der Waals surface area contributed by atoms with E-state index in [1.165, 1.54) is 38.2 Å². The van der Waals surface area contributed by atoms with Crippen molar-refractivity contribution in [2.45, 2.75) is 0 Å². The summed E-state index contributed by atoms with van der Waals surface area (Å²) < 4.78 is 17.4. The van der Waals surface area contributed by atoms with Gasteiger partial charge in [0.05, 0.1) is 27.0 Å². The second-order valence-corrected chi connectivity index (χ2v) is 6.34. The first-order valence-corrected chi connectivity index (χ1v) is 9.20. The summed E-state index contributed by atoms with van der Waals surface area (Å²) in [5, 5.41) is 6.87. The van der Waals surface area contributed by atoms with Gasteiger partial charge in [0.1, 0.15) is 5.69 Å². The molecule has 9 heteroatoms. The molecule has 1 aromatic heterocycles. The number of hydrogen-bond acceptors (Lipinski definition) is 6. The quantitative estimate of drug-likeness (QED) is 0.539. The van der Waals surface area contributed by atoms with Gasteiger partial charge in [-0.25, -0.2) is 4.68 Å². The number of amides is 2. The molecule has 3 aromatic rings. The van der Waals surface area contributed by atoms with Gasteiger partial charge in [-0.3, -0.25) is 9.59 Å². The molecule has 0 saturated carbocycles. The molecule has 0 aliphatic carbocycles. The van der Waals surface area contributed by atoms with Crippen molar-refractivity contribution in [2.75, 3.05) is 26.6 Å². The third-order valence-corrected chi connectivity index (χ3v) is 4.36. The zero-order valence-electron chi connectivity index (χ0n) is 17.3. The molecule has 31 heavy (non-hydrogen) atoms. The predicted molar refractivity (Wildman–Crippen MR) is 116 cm³/mol. The van der Waals surface area contributed by atoms with Crippen molar-refractivity contribution >= 4 is 23.6 Å². The third kappa shape index (κ3) is 5.02. The highest BCUT2D eigenvalue weighted by molar-refractivity contribution is 6.02. The minimum atomic E-state index is -0.596. The van der Waals surface area contributed by atoms with E-state index in [2.05, 4.69) is 10.4 Å². The van der Waals surface area contributed by atoms with Crippen LogP contribution in [0.1, 0.15) is 16.1 Å². The third-order valence-electron chi connectivity index (χ3n) is 4.36. The number of methoxy groups -OCH3 is 3. The highest BCUT2D eigenvalue weighted by Gasteiger charge is 2.12. The lowest BCUT2D eigenvalue weighted by Crippen LogP contribution is -2.12. The van der Waals surface area contributed by atoms with Crippen LogP contribution in [0.2, 0.25) is 0 Å². The van der Waals surface area contributed by atoms with E-state index in [0.717, 1.165) is 5.69 Å². The number of ether oxygens (including phenoxy) is 3. The lowest BCUT2D eigenvalue weighted by atomic mass is 10.1. The van der Waals surface area contributed by atoms with Gasteiger partial charge in [-0.05, 0) is 54.1 Å². The number of benzene rings is 2. The summed E-state index contributed by atoms with van der Waals surface area (Å²) in [5.41, 5.74) is 7.42. The van der Waals surface area contributed by atoms with Gasteiger partial charge in [-0.15, -0.1) is 0 Å². The number of aromatic nitrogens is 2. The minimum absolute atomic E-state index is 0.175. The molecular weight excluding hydrogens is 400 g/mol. The number of hydrogen-bond donors (Lipinski definition) is 2. The smallest absolute Gasteiger partial charge is 0.269 e. The zero-order valence-corrected chi connectivity index (χ0v) is 17.3. The van der Waals surface area contributed by atoms with Gasteiger partial charge in [0.2, 0.25) is 11.7 Å². The van der Waals surface area contributed by atoms with Gasteiger partial charge in [-0.1, -0.05) is 0 Å². The van der Waals surface area contributed by atoms with Crippen molar-refractivity contribution in [1.29, 1.82) is 0 Å². The number of carbonyl (C=O) groups excluding carboxylic acids is 2. The SMILES string of the molecule is COc1cc(/C=C/C(=O)Nc2ccc(-n3ccc(C(N)=O)n3)cc2)cc(OC)c1OC.